The van der Waals surface area contributed by atoms with Gasteiger partial charge in [-0.3, -0.25) is 9.13 Å². The van der Waals surface area contributed by atoms with Crippen molar-refractivity contribution >= 4 is 17.0 Å². The minimum atomic E-state index is -1.15. The fourth-order valence-corrected chi connectivity index (χ4v) is 1.78. The summed E-state index contributed by atoms with van der Waals surface area (Å²) in [6.07, 6.45) is -0.159. The Labute approximate surface area is 91.5 Å². The summed E-state index contributed by atoms with van der Waals surface area (Å²) in [5.74, 6) is -1.15. The fourth-order valence-electron chi connectivity index (χ4n) is 1.78. The predicted molar refractivity (Wildman–Crippen MR) is 56.8 cm³/mol. The van der Waals surface area contributed by atoms with Crippen molar-refractivity contribution in [2.24, 2.45) is 7.05 Å². The maximum absolute atomic E-state index is 11.8. The van der Waals surface area contributed by atoms with Crippen LogP contribution in [0.3, 0.4) is 0 Å². The van der Waals surface area contributed by atoms with Crippen LogP contribution in [0.15, 0.2) is 29.1 Å². The Morgan fingerprint density at radius 2 is 1.94 bits per heavy atom. The summed E-state index contributed by atoms with van der Waals surface area (Å²) in [7, 11) is 1.67. The molecule has 0 atom stereocenters. The van der Waals surface area contributed by atoms with E-state index in [1.807, 2.05) is 18.2 Å². The van der Waals surface area contributed by atoms with Gasteiger partial charge in [0.25, 0.3) is 0 Å². The second-order valence-corrected chi connectivity index (χ2v) is 3.60. The summed E-state index contributed by atoms with van der Waals surface area (Å²) < 4.78 is 2.95. The number of carboxylic acids is 1. The van der Waals surface area contributed by atoms with Gasteiger partial charge in [-0.1, -0.05) is 12.1 Å². The Balaban J connectivity index is 2.55. The highest BCUT2D eigenvalue weighted by Gasteiger charge is 2.08. The Morgan fingerprint density at radius 1 is 1.31 bits per heavy atom. The lowest BCUT2D eigenvalue weighted by Gasteiger charge is -2.03. The molecule has 1 aromatic carbocycles. The zero-order valence-electron chi connectivity index (χ0n) is 8.84. The van der Waals surface area contributed by atoms with Crippen LogP contribution in [0.5, 0.6) is 0 Å². The fraction of sp³-hybridized carbons (Fsp3) is 0.273. The van der Waals surface area contributed by atoms with Crippen molar-refractivity contribution in [1.82, 2.24) is 9.13 Å². The minimum Gasteiger partial charge on any atom is -0.550 e. The van der Waals surface area contributed by atoms with Gasteiger partial charge in [0, 0.05) is 26.0 Å². The molecule has 0 unspecified atom stereocenters. The Hall–Kier alpha value is -2.04. The van der Waals surface area contributed by atoms with Gasteiger partial charge in [-0.25, -0.2) is 4.79 Å². The molecule has 0 saturated heterocycles. The number of aryl methyl sites for hydroxylation is 2. The molecule has 0 amide bonds. The average molecular weight is 219 g/mol. The molecule has 0 aliphatic heterocycles. The molecule has 1 aromatic heterocycles. The lowest BCUT2D eigenvalue weighted by molar-refractivity contribution is -0.305. The van der Waals surface area contributed by atoms with E-state index in [0.29, 0.717) is 0 Å². The first kappa shape index (κ1) is 10.5. The molecule has 2 aromatic rings. The summed E-state index contributed by atoms with van der Waals surface area (Å²) in [5, 5.41) is 10.4. The van der Waals surface area contributed by atoms with Crippen LogP contribution in [0.1, 0.15) is 6.42 Å². The lowest BCUT2D eigenvalue weighted by Crippen LogP contribution is -2.28. The third kappa shape index (κ3) is 1.60. The topological polar surface area (TPSA) is 67.1 Å². The van der Waals surface area contributed by atoms with Gasteiger partial charge in [-0.05, 0) is 12.1 Å². The van der Waals surface area contributed by atoms with Crippen LogP contribution >= 0.6 is 0 Å². The van der Waals surface area contributed by atoms with Crippen LogP contribution in [0.4, 0.5) is 0 Å². The number of carbonyl (C=O) groups is 1. The standard InChI is InChI=1S/C11H12N2O3/c1-12-8-4-2-3-5-9(8)13(11(12)16)7-6-10(14)15/h2-5H,6-7H2,1H3,(H,14,15)/p-1. The molecule has 0 fully saturated rings. The second kappa shape index (κ2) is 3.84. The average Bonchev–Trinajstić information content (AvgIpc) is 2.50. The molecule has 0 aliphatic carbocycles. The van der Waals surface area contributed by atoms with Crippen molar-refractivity contribution in [3.8, 4) is 0 Å². The maximum Gasteiger partial charge on any atom is 0.328 e. The summed E-state index contributed by atoms with van der Waals surface area (Å²) in [6, 6.07) is 7.28. The first-order valence-electron chi connectivity index (χ1n) is 4.95. The van der Waals surface area contributed by atoms with Crippen LogP contribution in [-0.2, 0) is 18.4 Å². The number of aliphatic carboxylic acids is 1. The van der Waals surface area contributed by atoms with Crippen molar-refractivity contribution in [2.45, 2.75) is 13.0 Å². The number of rotatable bonds is 3. The maximum atomic E-state index is 11.8. The molecule has 0 saturated carbocycles. The molecule has 0 spiro atoms. The Bertz CT molecular complexity index is 595. The zero-order valence-corrected chi connectivity index (χ0v) is 8.84. The van der Waals surface area contributed by atoms with Crippen LogP contribution < -0.4 is 10.8 Å². The Kier molecular flexibility index (Phi) is 2.52. The molecule has 0 bridgehead atoms. The minimum absolute atomic E-state index is 0.141. The van der Waals surface area contributed by atoms with Crippen LogP contribution in [0.25, 0.3) is 11.0 Å². The molecule has 84 valence electrons. The van der Waals surface area contributed by atoms with E-state index in [0.717, 1.165) is 11.0 Å². The number of carbonyl (C=O) groups excluding carboxylic acids is 1. The molecule has 16 heavy (non-hydrogen) atoms. The molecule has 5 nitrogen and oxygen atoms in total. The highest BCUT2D eigenvalue weighted by Crippen LogP contribution is 2.11. The van der Waals surface area contributed by atoms with Gasteiger partial charge in [0.15, 0.2) is 0 Å². The molecule has 5 heteroatoms. The van der Waals surface area contributed by atoms with Crippen molar-refractivity contribution in [1.29, 1.82) is 0 Å². The summed E-state index contributed by atoms with van der Waals surface area (Å²) in [6.45, 7) is 0.141. The zero-order chi connectivity index (χ0) is 11.7. The van der Waals surface area contributed by atoms with Crippen molar-refractivity contribution in [2.75, 3.05) is 0 Å². The molecule has 0 N–H and O–H groups in total. The van der Waals surface area contributed by atoms with Crippen LogP contribution in [0.2, 0.25) is 0 Å². The second-order valence-electron chi connectivity index (χ2n) is 3.60. The summed E-state index contributed by atoms with van der Waals surface area (Å²) in [4.78, 5) is 22.2. The van der Waals surface area contributed by atoms with E-state index in [4.69, 9.17) is 0 Å². The predicted octanol–water partition coefficient (Wildman–Crippen LogP) is -0.520. The quantitative estimate of drug-likeness (QED) is 0.697. The van der Waals surface area contributed by atoms with Gasteiger partial charge < -0.3 is 9.90 Å². The van der Waals surface area contributed by atoms with E-state index in [-0.39, 0.29) is 18.7 Å². The van der Waals surface area contributed by atoms with E-state index in [1.54, 1.807) is 13.1 Å². The number of imidazole rings is 1. The SMILES string of the molecule is Cn1c(=O)n(CCC(=O)[O-])c2ccccc21. The monoisotopic (exact) mass is 219 g/mol. The van der Waals surface area contributed by atoms with Crippen LogP contribution in [0, 0.1) is 0 Å². The Morgan fingerprint density at radius 3 is 2.56 bits per heavy atom. The van der Waals surface area contributed by atoms with Gasteiger partial charge in [0.1, 0.15) is 0 Å². The van der Waals surface area contributed by atoms with Gasteiger partial charge in [-0.2, -0.15) is 0 Å². The molecule has 0 aliphatic rings. The smallest absolute Gasteiger partial charge is 0.328 e. The van der Waals surface area contributed by atoms with E-state index < -0.39 is 5.97 Å². The van der Waals surface area contributed by atoms with Crippen molar-refractivity contribution < 1.29 is 9.90 Å². The largest absolute Gasteiger partial charge is 0.550 e. The first-order chi connectivity index (χ1) is 7.61. The van der Waals surface area contributed by atoms with E-state index in [9.17, 15) is 14.7 Å². The van der Waals surface area contributed by atoms with Gasteiger partial charge >= 0.3 is 5.69 Å². The highest BCUT2D eigenvalue weighted by atomic mass is 16.4. The normalized spacial score (nSPS) is 10.8. The number of hydrogen-bond donors (Lipinski definition) is 0. The van der Waals surface area contributed by atoms with E-state index in [1.165, 1.54) is 9.13 Å². The molecular weight excluding hydrogens is 208 g/mol. The van der Waals surface area contributed by atoms with Crippen LogP contribution in [-0.4, -0.2) is 15.1 Å². The lowest BCUT2D eigenvalue weighted by atomic mass is 10.3. The molecule has 1 heterocycles. The van der Waals surface area contributed by atoms with Crippen molar-refractivity contribution in [3.05, 3.63) is 34.7 Å². The van der Waals surface area contributed by atoms with Gasteiger partial charge in [0.2, 0.25) is 0 Å². The third-order valence-electron chi connectivity index (χ3n) is 2.59. The third-order valence-corrected chi connectivity index (χ3v) is 2.59. The summed E-state index contributed by atoms with van der Waals surface area (Å²) in [5.41, 5.74) is 1.34. The van der Waals surface area contributed by atoms with E-state index in [2.05, 4.69) is 0 Å². The number of hydrogen-bond acceptors (Lipinski definition) is 3. The number of carboxylic acid groups (broad SMARTS) is 1. The highest BCUT2D eigenvalue weighted by molar-refractivity contribution is 5.76. The number of fused-ring (bicyclic) bond motifs is 1. The van der Waals surface area contributed by atoms with E-state index >= 15 is 0 Å². The molecule has 2 rings (SSSR count). The van der Waals surface area contributed by atoms with Gasteiger partial charge in [0.05, 0.1) is 11.0 Å². The number of nitrogens with zero attached hydrogens (tertiary/aromatic N) is 2. The number of para-hydroxylation sites is 2. The number of aromatic nitrogens is 2. The van der Waals surface area contributed by atoms with Crippen molar-refractivity contribution in [3.63, 3.8) is 0 Å². The number of benzene rings is 1. The first-order valence-corrected chi connectivity index (χ1v) is 4.95. The molecular formula is C11H11N2O3-. The van der Waals surface area contributed by atoms with Gasteiger partial charge in [-0.15, -0.1) is 0 Å². The summed E-state index contributed by atoms with van der Waals surface area (Å²) >= 11 is 0. The molecule has 0 radical (unpaired) electrons.